The lowest BCUT2D eigenvalue weighted by molar-refractivity contribution is 0.207. The fraction of sp³-hybridized carbons (Fsp3) is 0.571. The molecular formula is C14H21OP. The molecule has 2 unspecified atom stereocenters. The molecule has 1 aliphatic rings. The molecule has 0 aromatic heterocycles. The fourth-order valence-electron chi connectivity index (χ4n) is 3.01. The Hall–Kier alpha value is -0.550. The van der Waals surface area contributed by atoms with Crippen molar-refractivity contribution in [3.63, 3.8) is 0 Å². The van der Waals surface area contributed by atoms with Crippen molar-refractivity contribution in [2.24, 2.45) is 5.41 Å². The Morgan fingerprint density at radius 2 is 1.56 bits per heavy atom. The average molecular weight is 236 g/mol. The van der Waals surface area contributed by atoms with Crippen LogP contribution in [0.4, 0.5) is 0 Å². The molecule has 88 valence electrons. The third-order valence-corrected chi connectivity index (χ3v) is 10.2. The zero-order valence-electron chi connectivity index (χ0n) is 10.8. The van der Waals surface area contributed by atoms with Crippen molar-refractivity contribution in [2.75, 3.05) is 0 Å². The molecule has 1 heterocycles. The normalized spacial score (nSPS) is 35.4. The van der Waals surface area contributed by atoms with Crippen LogP contribution in [0.2, 0.25) is 0 Å². The highest BCUT2D eigenvalue weighted by atomic mass is 31.2. The van der Waals surface area contributed by atoms with Crippen LogP contribution in [0.5, 0.6) is 0 Å². The molecule has 0 aliphatic carbocycles. The molecular weight excluding hydrogens is 215 g/mol. The number of hydrogen-bond donors (Lipinski definition) is 0. The molecule has 1 nitrogen and oxygen atoms in total. The van der Waals surface area contributed by atoms with E-state index in [1.807, 2.05) is 30.3 Å². The van der Waals surface area contributed by atoms with E-state index in [2.05, 4.69) is 34.6 Å². The third-order valence-electron chi connectivity index (χ3n) is 5.14. The predicted octanol–water partition coefficient (Wildman–Crippen LogP) is 3.88. The molecule has 2 rings (SSSR count). The van der Waals surface area contributed by atoms with Gasteiger partial charge < -0.3 is 4.57 Å². The summed E-state index contributed by atoms with van der Waals surface area (Å²) in [6, 6.07) is 10.0. The Labute approximate surface area is 98.6 Å². The highest BCUT2D eigenvalue weighted by Crippen LogP contribution is 2.80. The summed E-state index contributed by atoms with van der Waals surface area (Å²) >= 11 is 0. The molecule has 0 N–H and O–H groups in total. The first-order valence-electron chi connectivity index (χ1n) is 5.91. The van der Waals surface area contributed by atoms with Crippen LogP contribution in [-0.2, 0) is 4.57 Å². The maximum Gasteiger partial charge on any atom is 0.124 e. The van der Waals surface area contributed by atoms with Crippen molar-refractivity contribution < 1.29 is 4.57 Å². The van der Waals surface area contributed by atoms with Gasteiger partial charge >= 0.3 is 0 Å². The van der Waals surface area contributed by atoms with Crippen LogP contribution in [0, 0.1) is 5.41 Å². The molecule has 0 bridgehead atoms. The van der Waals surface area contributed by atoms with E-state index in [1.54, 1.807) is 0 Å². The van der Waals surface area contributed by atoms with Crippen molar-refractivity contribution in [3.8, 4) is 0 Å². The van der Waals surface area contributed by atoms with Gasteiger partial charge in [-0.05, 0) is 5.41 Å². The monoisotopic (exact) mass is 236 g/mol. The summed E-state index contributed by atoms with van der Waals surface area (Å²) < 4.78 is 13.3. The summed E-state index contributed by atoms with van der Waals surface area (Å²) in [6.07, 6.45) is 0. The minimum atomic E-state index is -2.26. The summed E-state index contributed by atoms with van der Waals surface area (Å²) in [6.45, 7) is 10.9. The van der Waals surface area contributed by atoms with Crippen molar-refractivity contribution in [3.05, 3.63) is 30.3 Å². The van der Waals surface area contributed by atoms with E-state index < -0.39 is 7.14 Å². The molecule has 1 aliphatic heterocycles. The zero-order chi connectivity index (χ0) is 12.2. The Balaban J connectivity index is 2.55. The van der Waals surface area contributed by atoms with Gasteiger partial charge in [-0.2, -0.15) is 0 Å². The lowest BCUT2D eigenvalue weighted by atomic mass is 9.76. The Kier molecular flexibility index (Phi) is 2.41. The van der Waals surface area contributed by atoms with Crippen LogP contribution in [0.15, 0.2) is 30.3 Å². The summed E-state index contributed by atoms with van der Waals surface area (Å²) in [5, 5.41) is 0.952. The van der Waals surface area contributed by atoms with Gasteiger partial charge in [-0.3, -0.25) is 0 Å². The van der Waals surface area contributed by atoms with Crippen LogP contribution in [0.25, 0.3) is 0 Å². The topological polar surface area (TPSA) is 17.1 Å². The molecule has 16 heavy (non-hydrogen) atoms. The largest absolute Gasteiger partial charge is 0.318 e. The van der Waals surface area contributed by atoms with E-state index in [9.17, 15) is 4.57 Å². The second-order valence-electron chi connectivity index (χ2n) is 5.95. The lowest BCUT2D eigenvalue weighted by Gasteiger charge is -2.63. The summed E-state index contributed by atoms with van der Waals surface area (Å²) in [5.74, 6) is 0. The summed E-state index contributed by atoms with van der Waals surface area (Å²) in [5.41, 5.74) is 0.427. The van der Waals surface area contributed by atoms with Crippen molar-refractivity contribution in [2.45, 2.75) is 45.4 Å². The van der Waals surface area contributed by atoms with Crippen LogP contribution in [-0.4, -0.2) is 10.8 Å². The average Bonchev–Trinajstić information content (AvgIpc) is 2.27. The molecule has 0 saturated carbocycles. The maximum absolute atomic E-state index is 13.3. The van der Waals surface area contributed by atoms with Crippen molar-refractivity contribution >= 4 is 12.4 Å². The minimum Gasteiger partial charge on any atom is -0.318 e. The van der Waals surface area contributed by atoms with Gasteiger partial charge in [0.2, 0.25) is 0 Å². The Morgan fingerprint density at radius 3 is 2.00 bits per heavy atom. The van der Waals surface area contributed by atoms with Crippen LogP contribution in [0.3, 0.4) is 0 Å². The smallest absolute Gasteiger partial charge is 0.124 e. The molecule has 2 atom stereocenters. The quantitative estimate of drug-likeness (QED) is 0.676. The second kappa shape index (κ2) is 3.23. The molecule has 0 radical (unpaired) electrons. The van der Waals surface area contributed by atoms with Crippen molar-refractivity contribution in [1.82, 2.24) is 0 Å². The van der Waals surface area contributed by atoms with E-state index >= 15 is 0 Å². The molecule has 2 heteroatoms. The van der Waals surface area contributed by atoms with Gasteiger partial charge in [-0.1, -0.05) is 65.0 Å². The van der Waals surface area contributed by atoms with Crippen molar-refractivity contribution in [1.29, 1.82) is 0 Å². The van der Waals surface area contributed by atoms with Gasteiger partial charge in [0.1, 0.15) is 7.14 Å². The lowest BCUT2D eigenvalue weighted by Crippen LogP contribution is -2.60. The van der Waals surface area contributed by atoms with Gasteiger partial charge in [0.15, 0.2) is 0 Å². The summed E-state index contributed by atoms with van der Waals surface area (Å²) in [4.78, 5) is 0. The molecule has 1 fully saturated rings. The third kappa shape index (κ3) is 1.10. The van der Waals surface area contributed by atoms with Gasteiger partial charge in [0.05, 0.1) is 0 Å². The first kappa shape index (κ1) is 11.9. The molecule has 0 amide bonds. The molecule has 0 spiro atoms. The number of rotatable bonds is 1. The van der Waals surface area contributed by atoms with E-state index in [0.29, 0.717) is 0 Å². The van der Waals surface area contributed by atoms with Crippen LogP contribution in [0.1, 0.15) is 34.6 Å². The highest BCUT2D eigenvalue weighted by Gasteiger charge is 2.68. The van der Waals surface area contributed by atoms with Gasteiger partial charge in [-0.15, -0.1) is 0 Å². The van der Waals surface area contributed by atoms with Crippen LogP contribution >= 0.6 is 7.14 Å². The first-order chi connectivity index (χ1) is 7.26. The molecule has 1 aromatic carbocycles. The minimum absolute atomic E-state index is 0.0965. The van der Waals surface area contributed by atoms with Gasteiger partial charge in [0.25, 0.3) is 0 Å². The summed E-state index contributed by atoms with van der Waals surface area (Å²) in [7, 11) is -2.26. The van der Waals surface area contributed by atoms with Crippen LogP contribution < -0.4 is 5.30 Å². The first-order valence-corrected chi connectivity index (χ1v) is 7.69. The van der Waals surface area contributed by atoms with E-state index in [-0.39, 0.29) is 16.2 Å². The fourth-order valence-corrected chi connectivity index (χ4v) is 7.76. The second-order valence-corrected chi connectivity index (χ2v) is 9.68. The van der Waals surface area contributed by atoms with E-state index in [0.717, 1.165) is 5.30 Å². The van der Waals surface area contributed by atoms with Gasteiger partial charge in [0, 0.05) is 16.1 Å². The SMILES string of the molecule is CC1C(C)(C)C(C)(C)P1(=O)c1ccccc1. The van der Waals surface area contributed by atoms with E-state index in [4.69, 9.17) is 0 Å². The molecule has 1 aromatic rings. The number of hydrogen-bond acceptors (Lipinski definition) is 1. The zero-order valence-corrected chi connectivity index (χ0v) is 11.7. The number of benzene rings is 1. The standard InChI is InChI=1S/C14H21OP/c1-11-13(2,3)14(4,5)16(11,15)12-9-7-6-8-10-12/h6-11H,1-5H3. The van der Waals surface area contributed by atoms with E-state index in [1.165, 1.54) is 0 Å². The highest BCUT2D eigenvalue weighted by molar-refractivity contribution is 7.75. The van der Waals surface area contributed by atoms with Gasteiger partial charge in [-0.25, -0.2) is 0 Å². The Morgan fingerprint density at radius 1 is 1.06 bits per heavy atom. The predicted molar refractivity (Wildman–Crippen MR) is 71.0 cm³/mol. The maximum atomic E-state index is 13.3. The molecule has 1 saturated heterocycles. The Bertz CT molecular complexity index is 445.